The molecule has 0 spiro atoms. The quantitative estimate of drug-likeness (QED) is 0.894. The minimum atomic E-state index is -0.562. The first-order valence-corrected chi connectivity index (χ1v) is 6.15. The molecule has 18 heavy (non-hydrogen) atoms. The van der Waals surface area contributed by atoms with Gasteiger partial charge < -0.3 is 10.3 Å². The normalized spacial score (nSPS) is 14.7. The zero-order valence-corrected chi connectivity index (χ0v) is 11.3. The van der Waals surface area contributed by atoms with Gasteiger partial charge in [0.15, 0.2) is 5.82 Å². The standard InChI is InChI=1S/C12H19N5O/c1-5-12(4,13)11-14-10(18-16-11)9-7-8(3)15-17(9)6-2/h7H,5-6,13H2,1-4H3. The molecule has 0 aliphatic heterocycles. The van der Waals surface area contributed by atoms with Crippen molar-refractivity contribution in [1.29, 1.82) is 0 Å². The molecule has 0 saturated carbocycles. The Hall–Kier alpha value is -1.69. The van der Waals surface area contributed by atoms with Crippen LogP contribution in [-0.2, 0) is 12.1 Å². The Balaban J connectivity index is 2.41. The van der Waals surface area contributed by atoms with Gasteiger partial charge in [-0.25, -0.2) is 0 Å². The van der Waals surface area contributed by atoms with Crippen molar-refractivity contribution in [3.63, 3.8) is 0 Å². The monoisotopic (exact) mass is 249 g/mol. The number of nitrogens with zero attached hydrogens (tertiary/aromatic N) is 4. The molecule has 1 atom stereocenters. The van der Waals surface area contributed by atoms with Crippen LogP contribution in [-0.4, -0.2) is 19.9 Å². The van der Waals surface area contributed by atoms with Crippen molar-refractivity contribution < 1.29 is 4.52 Å². The SMILES string of the molecule is CCn1nc(C)cc1-c1nc(C(C)(N)CC)no1. The van der Waals surface area contributed by atoms with Crippen LogP contribution < -0.4 is 5.73 Å². The summed E-state index contributed by atoms with van der Waals surface area (Å²) in [6.45, 7) is 8.60. The molecule has 1 unspecified atom stereocenters. The Kier molecular flexibility index (Phi) is 3.21. The van der Waals surface area contributed by atoms with Gasteiger partial charge in [-0.15, -0.1) is 0 Å². The van der Waals surface area contributed by atoms with Crippen LogP contribution in [0.2, 0.25) is 0 Å². The average Bonchev–Trinajstić information content (AvgIpc) is 2.94. The topological polar surface area (TPSA) is 82.8 Å². The van der Waals surface area contributed by atoms with Crippen LogP contribution in [0.15, 0.2) is 10.6 Å². The van der Waals surface area contributed by atoms with Gasteiger partial charge in [0.25, 0.3) is 5.89 Å². The molecule has 0 aliphatic carbocycles. The molecule has 0 fully saturated rings. The molecule has 6 heteroatoms. The fraction of sp³-hybridized carbons (Fsp3) is 0.583. The second-order valence-corrected chi connectivity index (χ2v) is 4.68. The molecule has 0 amide bonds. The Morgan fingerprint density at radius 1 is 1.44 bits per heavy atom. The summed E-state index contributed by atoms with van der Waals surface area (Å²) in [7, 11) is 0. The molecular weight excluding hydrogens is 230 g/mol. The van der Waals surface area contributed by atoms with Crippen LogP contribution in [0.3, 0.4) is 0 Å². The van der Waals surface area contributed by atoms with E-state index in [0.717, 1.165) is 24.4 Å². The molecular formula is C12H19N5O. The van der Waals surface area contributed by atoms with E-state index in [2.05, 4.69) is 15.2 Å². The fourth-order valence-corrected chi connectivity index (χ4v) is 1.68. The van der Waals surface area contributed by atoms with Gasteiger partial charge in [-0.3, -0.25) is 4.68 Å². The third-order valence-corrected chi connectivity index (χ3v) is 3.09. The van der Waals surface area contributed by atoms with Gasteiger partial charge in [-0.1, -0.05) is 12.1 Å². The summed E-state index contributed by atoms with van der Waals surface area (Å²) >= 11 is 0. The maximum atomic E-state index is 6.10. The summed E-state index contributed by atoms with van der Waals surface area (Å²) in [5.74, 6) is 0.999. The fourth-order valence-electron chi connectivity index (χ4n) is 1.68. The van der Waals surface area contributed by atoms with Gasteiger partial charge in [0, 0.05) is 6.54 Å². The second kappa shape index (κ2) is 4.53. The third kappa shape index (κ3) is 2.15. The zero-order chi connectivity index (χ0) is 13.3. The maximum absolute atomic E-state index is 6.10. The Morgan fingerprint density at radius 3 is 2.78 bits per heavy atom. The van der Waals surface area contributed by atoms with Crippen molar-refractivity contribution >= 4 is 0 Å². The van der Waals surface area contributed by atoms with Gasteiger partial charge in [0.1, 0.15) is 5.69 Å². The Labute approximate surface area is 106 Å². The molecule has 0 radical (unpaired) electrons. The number of aryl methyl sites for hydroxylation is 2. The van der Waals surface area contributed by atoms with Gasteiger partial charge in [-0.2, -0.15) is 10.1 Å². The molecule has 2 aromatic rings. The summed E-state index contributed by atoms with van der Waals surface area (Å²) in [5.41, 5.74) is 7.30. The highest BCUT2D eigenvalue weighted by molar-refractivity contribution is 5.48. The van der Waals surface area contributed by atoms with Crippen molar-refractivity contribution in [2.24, 2.45) is 5.73 Å². The van der Waals surface area contributed by atoms with Crippen molar-refractivity contribution in [3.05, 3.63) is 17.6 Å². The first-order chi connectivity index (χ1) is 8.47. The van der Waals surface area contributed by atoms with E-state index in [-0.39, 0.29) is 0 Å². The lowest BCUT2D eigenvalue weighted by atomic mass is 10.0. The molecule has 2 rings (SSSR count). The molecule has 6 nitrogen and oxygen atoms in total. The van der Waals surface area contributed by atoms with E-state index in [4.69, 9.17) is 10.3 Å². The minimum absolute atomic E-state index is 0.470. The van der Waals surface area contributed by atoms with Crippen LogP contribution in [0, 0.1) is 6.92 Å². The van der Waals surface area contributed by atoms with E-state index in [1.807, 2.05) is 38.4 Å². The lowest BCUT2D eigenvalue weighted by molar-refractivity contribution is 0.377. The first kappa shape index (κ1) is 12.8. The predicted octanol–water partition coefficient (Wildman–Crippen LogP) is 1.85. The number of rotatable bonds is 4. The largest absolute Gasteiger partial charge is 0.332 e. The molecule has 0 aromatic carbocycles. The first-order valence-electron chi connectivity index (χ1n) is 6.15. The lowest BCUT2D eigenvalue weighted by Gasteiger charge is -2.16. The summed E-state index contributed by atoms with van der Waals surface area (Å²) in [6, 6.07) is 1.93. The highest BCUT2D eigenvalue weighted by atomic mass is 16.5. The number of nitrogens with two attached hydrogens (primary N) is 1. The molecule has 98 valence electrons. The van der Waals surface area contributed by atoms with E-state index < -0.39 is 5.54 Å². The molecule has 0 aliphatic rings. The van der Waals surface area contributed by atoms with Gasteiger partial charge >= 0.3 is 0 Å². The van der Waals surface area contributed by atoms with Crippen LogP contribution in [0.25, 0.3) is 11.6 Å². The number of hydrogen-bond acceptors (Lipinski definition) is 5. The summed E-state index contributed by atoms with van der Waals surface area (Å²) in [5, 5.41) is 8.32. The van der Waals surface area contributed by atoms with Crippen LogP contribution in [0.4, 0.5) is 0 Å². The third-order valence-electron chi connectivity index (χ3n) is 3.09. The molecule has 2 N–H and O–H groups in total. The van der Waals surface area contributed by atoms with Gasteiger partial charge in [0.05, 0.1) is 11.2 Å². The highest BCUT2D eigenvalue weighted by Gasteiger charge is 2.26. The summed E-state index contributed by atoms with van der Waals surface area (Å²) in [6.07, 6.45) is 0.748. The summed E-state index contributed by atoms with van der Waals surface area (Å²) in [4.78, 5) is 4.38. The van der Waals surface area contributed by atoms with Crippen molar-refractivity contribution in [3.8, 4) is 11.6 Å². The van der Waals surface area contributed by atoms with Crippen LogP contribution in [0.1, 0.15) is 38.7 Å². The van der Waals surface area contributed by atoms with Crippen molar-refractivity contribution in [2.45, 2.75) is 46.2 Å². The highest BCUT2D eigenvalue weighted by Crippen LogP contribution is 2.23. The van der Waals surface area contributed by atoms with E-state index in [1.165, 1.54) is 0 Å². The minimum Gasteiger partial charge on any atom is -0.332 e. The van der Waals surface area contributed by atoms with Gasteiger partial charge in [-0.05, 0) is 33.3 Å². The second-order valence-electron chi connectivity index (χ2n) is 4.68. The molecule has 2 aromatic heterocycles. The maximum Gasteiger partial charge on any atom is 0.276 e. The zero-order valence-electron chi connectivity index (χ0n) is 11.3. The molecule has 2 heterocycles. The Bertz CT molecular complexity index is 540. The number of hydrogen-bond donors (Lipinski definition) is 1. The smallest absolute Gasteiger partial charge is 0.276 e. The number of aromatic nitrogens is 4. The van der Waals surface area contributed by atoms with Gasteiger partial charge in [0.2, 0.25) is 0 Å². The van der Waals surface area contributed by atoms with Crippen LogP contribution >= 0.6 is 0 Å². The average molecular weight is 249 g/mol. The van der Waals surface area contributed by atoms with E-state index in [9.17, 15) is 0 Å². The predicted molar refractivity (Wildman–Crippen MR) is 67.8 cm³/mol. The molecule has 0 saturated heterocycles. The van der Waals surface area contributed by atoms with E-state index in [1.54, 1.807) is 0 Å². The molecule has 0 bridgehead atoms. The van der Waals surface area contributed by atoms with Crippen LogP contribution in [0.5, 0.6) is 0 Å². The van der Waals surface area contributed by atoms with Crippen molar-refractivity contribution in [2.75, 3.05) is 0 Å². The summed E-state index contributed by atoms with van der Waals surface area (Å²) < 4.78 is 7.13. The van der Waals surface area contributed by atoms with E-state index in [0.29, 0.717) is 11.7 Å². The lowest BCUT2D eigenvalue weighted by Crippen LogP contribution is -2.33. The van der Waals surface area contributed by atoms with Crippen molar-refractivity contribution in [1.82, 2.24) is 19.9 Å². The van der Waals surface area contributed by atoms with E-state index >= 15 is 0 Å². The Morgan fingerprint density at radius 2 is 2.17 bits per heavy atom.